The average molecular weight is 430 g/mol. The molecule has 1 aliphatic carbocycles. The van der Waals surface area contributed by atoms with Crippen LogP contribution in [-0.2, 0) is 22.6 Å². The normalized spacial score (nSPS) is 27.3. The third-order valence-electron chi connectivity index (χ3n) is 7.23. The minimum atomic E-state index is -0.720. The van der Waals surface area contributed by atoms with Crippen molar-refractivity contribution in [3.63, 3.8) is 0 Å². The number of piperidine rings is 1. The van der Waals surface area contributed by atoms with Crippen LogP contribution >= 0.6 is 0 Å². The molecule has 2 unspecified atom stereocenters. The van der Waals surface area contributed by atoms with Crippen molar-refractivity contribution < 1.29 is 18.8 Å². The van der Waals surface area contributed by atoms with Crippen molar-refractivity contribution in [3.8, 4) is 0 Å². The van der Waals surface area contributed by atoms with Gasteiger partial charge < -0.3 is 10.2 Å². The van der Waals surface area contributed by atoms with Crippen LogP contribution in [-0.4, -0.2) is 40.7 Å². The van der Waals surface area contributed by atoms with E-state index in [9.17, 15) is 14.4 Å². The lowest BCUT2D eigenvalue weighted by molar-refractivity contribution is -0.136. The number of nitrogens with zero attached hydrogens (tertiary/aromatic N) is 1. The van der Waals surface area contributed by atoms with Gasteiger partial charge >= 0.3 is 0 Å². The van der Waals surface area contributed by atoms with Gasteiger partial charge in [0.2, 0.25) is 11.8 Å². The van der Waals surface area contributed by atoms with E-state index >= 15 is 4.39 Å². The number of fused-ring (bicyclic) bond motifs is 1. The summed E-state index contributed by atoms with van der Waals surface area (Å²) in [5.41, 5.74) is 1.37. The second-order valence-corrected chi connectivity index (χ2v) is 9.30. The van der Waals surface area contributed by atoms with E-state index in [0.29, 0.717) is 41.1 Å². The summed E-state index contributed by atoms with van der Waals surface area (Å²) in [5.74, 6) is -1.07. The monoisotopic (exact) mass is 429 g/mol. The van der Waals surface area contributed by atoms with Crippen molar-refractivity contribution >= 4 is 17.7 Å². The molecule has 1 aromatic rings. The zero-order valence-electron chi connectivity index (χ0n) is 18.4. The lowest BCUT2D eigenvalue weighted by atomic mass is 9.80. The highest BCUT2D eigenvalue weighted by Crippen LogP contribution is 2.34. The van der Waals surface area contributed by atoms with Gasteiger partial charge in [0.15, 0.2) is 0 Å². The first-order valence-electron chi connectivity index (χ1n) is 11.6. The predicted molar refractivity (Wildman–Crippen MR) is 115 cm³/mol. The number of carbonyl (C=O) groups is 3. The van der Waals surface area contributed by atoms with Crippen LogP contribution in [0.4, 0.5) is 4.39 Å². The highest BCUT2D eigenvalue weighted by atomic mass is 19.1. The minimum absolute atomic E-state index is 0.0827. The van der Waals surface area contributed by atoms with Crippen molar-refractivity contribution in [2.75, 3.05) is 0 Å². The highest BCUT2D eigenvalue weighted by molar-refractivity contribution is 6.05. The van der Waals surface area contributed by atoms with Crippen molar-refractivity contribution in [2.45, 2.75) is 89.9 Å². The number of benzene rings is 1. The van der Waals surface area contributed by atoms with E-state index in [0.717, 1.165) is 25.7 Å². The standard InChI is InChI=1S/C24H32FN3O3/c1-3-14(2)26-19-7-5-4-6-15(19)12-16-8-9-17-18(22(16)25)13-28(24(17)31)20-10-11-21(29)27-23(20)30/h8-9,14-15,19-20,26H,3-7,10-13H2,1-2H3,(H,27,29,30)/t14?,15-,19+,20?/m1/s1. The number of halogens is 1. The molecule has 1 aromatic carbocycles. The summed E-state index contributed by atoms with van der Waals surface area (Å²) < 4.78 is 15.5. The molecule has 1 saturated carbocycles. The summed E-state index contributed by atoms with van der Waals surface area (Å²) in [4.78, 5) is 37.9. The van der Waals surface area contributed by atoms with Crippen LogP contribution in [0, 0.1) is 11.7 Å². The number of amides is 3. The Balaban J connectivity index is 1.51. The van der Waals surface area contributed by atoms with Gasteiger partial charge in [-0.1, -0.05) is 25.8 Å². The van der Waals surface area contributed by atoms with Crippen LogP contribution in [0.15, 0.2) is 12.1 Å². The molecule has 2 aliphatic heterocycles. The van der Waals surface area contributed by atoms with Crippen LogP contribution in [0.5, 0.6) is 0 Å². The van der Waals surface area contributed by atoms with E-state index in [1.54, 1.807) is 12.1 Å². The fourth-order valence-corrected chi connectivity index (χ4v) is 5.25. The van der Waals surface area contributed by atoms with Crippen molar-refractivity contribution in [2.24, 2.45) is 5.92 Å². The fraction of sp³-hybridized carbons (Fsp3) is 0.625. The molecule has 0 spiro atoms. The van der Waals surface area contributed by atoms with Crippen LogP contribution in [0.3, 0.4) is 0 Å². The number of imide groups is 1. The molecule has 3 aliphatic rings. The summed E-state index contributed by atoms with van der Waals surface area (Å²) >= 11 is 0. The molecule has 2 fully saturated rings. The molecule has 2 N–H and O–H groups in total. The maximum atomic E-state index is 15.5. The van der Waals surface area contributed by atoms with E-state index in [1.807, 2.05) is 0 Å². The molecule has 3 amide bonds. The maximum absolute atomic E-state index is 15.5. The molecular weight excluding hydrogens is 397 g/mol. The third kappa shape index (κ3) is 4.38. The highest BCUT2D eigenvalue weighted by Gasteiger charge is 2.40. The Morgan fingerprint density at radius 1 is 1.19 bits per heavy atom. The first-order chi connectivity index (χ1) is 14.9. The molecule has 7 heteroatoms. The molecule has 1 saturated heterocycles. The Labute approximate surface area is 182 Å². The number of hydrogen-bond donors (Lipinski definition) is 2. The van der Waals surface area contributed by atoms with Crippen LogP contribution in [0.2, 0.25) is 0 Å². The van der Waals surface area contributed by atoms with E-state index in [2.05, 4.69) is 24.5 Å². The second-order valence-electron chi connectivity index (χ2n) is 9.30. The smallest absolute Gasteiger partial charge is 0.255 e. The van der Waals surface area contributed by atoms with Gasteiger partial charge in [0.25, 0.3) is 5.91 Å². The molecule has 4 rings (SSSR count). The summed E-state index contributed by atoms with van der Waals surface area (Å²) in [6, 6.07) is 3.56. The lowest BCUT2D eigenvalue weighted by Crippen LogP contribution is -2.52. The third-order valence-corrected chi connectivity index (χ3v) is 7.23. The summed E-state index contributed by atoms with van der Waals surface area (Å²) in [6.45, 7) is 4.44. The molecule has 0 aromatic heterocycles. The molecular formula is C24H32FN3O3. The van der Waals surface area contributed by atoms with E-state index in [4.69, 9.17) is 0 Å². The predicted octanol–water partition coefficient (Wildman–Crippen LogP) is 3.08. The zero-order valence-corrected chi connectivity index (χ0v) is 18.4. The molecule has 6 nitrogen and oxygen atoms in total. The molecule has 4 atom stereocenters. The van der Waals surface area contributed by atoms with E-state index in [1.165, 1.54) is 11.3 Å². The average Bonchev–Trinajstić information content (AvgIpc) is 3.08. The molecule has 168 valence electrons. The van der Waals surface area contributed by atoms with Gasteiger partial charge in [0, 0.05) is 29.6 Å². The zero-order chi connectivity index (χ0) is 22.1. The van der Waals surface area contributed by atoms with Crippen LogP contribution < -0.4 is 10.6 Å². The quantitative estimate of drug-likeness (QED) is 0.682. The Hall–Kier alpha value is -2.28. The summed E-state index contributed by atoms with van der Waals surface area (Å²) in [7, 11) is 0. The number of hydrogen-bond acceptors (Lipinski definition) is 4. The first-order valence-corrected chi connectivity index (χ1v) is 11.6. The van der Waals surface area contributed by atoms with Gasteiger partial charge in [-0.05, 0) is 56.6 Å². The molecule has 31 heavy (non-hydrogen) atoms. The van der Waals surface area contributed by atoms with Gasteiger partial charge in [0.05, 0.1) is 6.54 Å². The Bertz CT molecular complexity index is 887. The number of carbonyl (C=O) groups excluding carboxylic acids is 3. The summed E-state index contributed by atoms with van der Waals surface area (Å²) in [5, 5.41) is 6.01. The fourth-order valence-electron chi connectivity index (χ4n) is 5.25. The van der Waals surface area contributed by atoms with Crippen molar-refractivity contribution in [3.05, 3.63) is 34.6 Å². The molecule has 0 bridgehead atoms. The van der Waals surface area contributed by atoms with Crippen molar-refractivity contribution in [1.82, 2.24) is 15.5 Å². The number of rotatable bonds is 6. The van der Waals surface area contributed by atoms with Crippen LogP contribution in [0.25, 0.3) is 0 Å². The van der Waals surface area contributed by atoms with Gasteiger partial charge in [-0.2, -0.15) is 0 Å². The first kappa shape index (κ1) is 21.9. The Morgan fingerprint density at radius 2 is 1.97 bits per heavy atom. The minimum Gasteiger partial charge on any atom is -0.322 e. The SMILES string of the molecule is CCC(C)N[C@H]1CCCC[C@@H]1Cc1ccc2c(c1F)CN(C1CCC(=O)NC1=O)C2=O. The lowest BCUT2D eigenvalue weighted by Gasteiger charge is -2.34. The Kier molecular flexibility index (Phi) is 6.42. The number of nitrogens with one attached hydrogen (secondary N) is 2. The summed E-state index contributed by atoms with van der Waals surface area (Å²) in [6.07, 6.45) is 6.74. The molecule has 0 radical (unpaired) electrons. The van der Waals surface area contributed by atoms with Crippen molar-refractivity contribution in [1.29, 1.82) is 0 Å². The van der Waals surface area contributed by atoms with E-state index in [-0.39, 0.29) is 37.0 Å². The van der Waals surface area contributed by atoms with Gasteiger partial charge in [-0.15, -0.1) is 0 Å². The van der Waals surface area contributed by atoms with Gasteiger partial charge in [-0.3, -0.25) is 19.7 Å². The topological polar surface area (TPSA) is 78.5 Å². The van der Waals surface area contributed by atoms with Gasteiger partial charge in [0.1, 0.15) is 11.9 Å². The molecule has 2 heterocycles. The largest absolute Gasteiger partial charge is 0.322 e. The van der Waals surface area contributed by atoms with Gasteiger partial charge in [-0.25, -0.2) is 4.39 Å². The Morgan fingerprint density at radius 3 is 2.71 bits per heavy atom. The second kappa shape index (κ2) is 9.07. The maximum Gasteiger partial charge on any atom is 0.255 e. The van der Waals surface area contributed by atoms with E-state index < -0.39 is 11.9 Å². The van der Waals surface area contributed by atoms with Crippen LogP contribution in [0.1, 0.15) is 80.3 Å².